The van der Waals surface area contributed by atoms with Gasteiger partial charge in [-0.15, -0.1) is 0 Å². The number of amidine groups is 1. The van der Waals surface area contributed by atoms with Crippen LogP contribution in [0.1, 0.15) is 60.8 Å². The zero-order valence-corrected chi connectivity index (χ0v) is 15.9. The minimum atomic E-state index is -1.18. The molecule has 0 bridgehead atoms. The van der Waals surface area contributed by atoms with Gasteiger partial charge in [0.15, 0.2) is 5.60 Å². The molecule has 0 aliphatic heterocycles. The monoisotopic (exact) mass is 355 g/mol. The van der Waals surface area contributed by atoms with E-state index in [4.69, 9.17) is 15.2 Å². The van der Waals surface area contributed by atoms with Crippen LogP contribution in [-0.2, 0) is 19.1 Å². The largest absolute Gasteiger partial charge is 0.449 e. The number of esters is 1. The van der Waals surface area contributed by atoms with Gasteiger partial charge in [0, 0.05) is 26.3 Å². The van der Waals surface area contributed by atoms with E-state index in [1.807, 2.05) is 6.92 Å². The Morgan fingerprint density at radius 2 is 1.80 bits per heavy atom. The van der Waals surface area contributed by atoms with Crippen molar-refractivity contribution >= 4 is 23.8 Å². The predicted molar refractivity (Wildman–Crippen MR) is 93.1 cm³/mol. The maximum atomic E-state index is 12.4. The van der Waals surface area contributed by atoms with Crippen LogP contribution in [-0.4, -0.2) is 52.5 Å². The third-order valence-electron chi connectivity index (χ3n) is 3.74. The van der Waals surface area contributed by atoms with E-state index in [0.29, 0.717) is 25.8 Å². The van der Waals surface area contributed by atoms with Gasteiger partial charge >= 0.3 is 12.1 Å². The van der Waals surface area contributed by atoms with Crippen molar-refractivity contribution in [2.24, 2.45) is 10.7 Å². The molecule has 0 aromatic carbocycles. The summed E-state index contributed by atoms with van der Waals surface area (Å²) in [6.45, 7) is 10.6. The Bertz CT molecular complexity index is 561. The highest BCUT2D eigenvalue weighted by atomic mass is 16.6. The van der Waals surface area contributed by atoms with E-state index >= 15 is 0 Å². The van der Waals surface area contributed by atoms with Crippen LogP contribution in [0.15, 0.2) is 4.99 Å². The van der Waals surface area contributed by atoms with Gasteiger partial charge in [-0.2, -0.15) is 4.99 Å². The van der Waals surface area contributed by atoms with Crippen LogP contribution in [0.2, 0.25) is 0 Å². The Morgan fingerprint density at radius 1 is 1.24 bits per heavy atom. The van der Waals surface area contributed by atoms with Gasteiger partial charge < -0.3 is 15.2 Å². The average molecular weight is 355 g/mol. The number of aliphatic imine (C=N–C) groups is 1. The third-order valence-corrected chi connectivity index (χ3v) is 3.74. The third kappa shape index (κ3) is 5.72. The average Bonchev–Trinajstić information content (AvgIpc) is 3.22. The van der Waals surface area contributed by atoms with Gasteiger partial charge in [-0.1, -0.05) is 6.92 Å². The van der Waals surface area contributed by atoms with E-state index in [-0.39, 0.29) is 5.84 Å². The van der Waals surface area contributed by atoms with E-state index in [9.17, 15) is 14.4 Å². The minimum Gasteiger partial charge on any atom is -0.449 e. The second-order valence-corrected chi connectivity index (χ2v) is 7.12. The summed E-state index contributed by atoms with van der Waals surface area (Å²) in [4.78, 5) is 41.2. The fourth-order valence-electron chi connectivity index (χ4n) is 2.43. The van der Waals surface area contributed by atoms with E-state index in [1.54, 1.807) is 27.7 Å². The molecule has 1 rings (SSSR count). The number of rotatable bonds is 6. The highest BCUT2D eigenvalue weighted by Gasteiger charge is 2.54. The van der Waals surface area contributed by atoms with Gasteiger partial charge in [-0.05, 0) is 34.1 Å². The fourth-order valence-corrected chi connectivity index (χ4v) is 2.43. The topological polar surface area (TPSA) is 111 Å². The minimum absolute atomic E-state index is 0.0126. The molecule has 8 heteroatoms. The van der Waals surface area contributed by atoms with Crippen LogP contribution in [0, 0.1) is 0 Å². The molecule has 0 saturated heterocycles. The molecule has 2 N–H and O–H groups in total. The zero-order chi connectivity index (χ0) is 19.4. The molecule has 0 spiro atoms. The number of carbonyl (C=O) groups excluding carboxylic acids is 3. The summed E-state index contributed by atoms with van der Waals surface area (Å²) < 4.78 is 10.5. The van der Waals surface area contributed by atoms with E-state index in [0.717, 1.165) is 0 Å². The summed E-state index contributed by atoms with van der Waals surface area (Å²) in [5, 5.41) is 0. The Labute approximate surface area is 148 Å². The van der Waals surface area contributed by atoms with Crippen molar-refractivity contribution in [2.75, 3.05) is 6.54 Å². The van der Waals surface area contributed by atoms with Crippen molar-refractivity contribution in [3.05, 3.63) is 0 Å². The number of carbonyl (C=O) groups is 3. The van der Waals surface area contributed by atoms with Gasteiger partial charge in [-0.25, -0.2) is 4.79 Å². The Morgan fingerprint density at radius 3 is 2.16 bits per heavy atom. The van der Waals surface area contributed by atoms with E-state index < -0.39 is 35.2 Å². The summed E-state index contributed by atoms with van der Waals surface area (Å²) in [6.07, 6.45) is 0.815. The molecule has 0 unspecified atom stereocenters. The molecule has 1 atom stereocenters. The highest BCUT2D eigenvalue weighted by molar-refractivity contribution is 6.02. The Kier molecular flexibility index (Phi) is 6.56. The number of ether oxygens (including phenoxy) is 2. The van der Waals surface area contributed by atoms with Gasteiger partial charge in [0.05, 0.1) is 6.04 Å². The molecule has 1 saturated carbocycles. The van der Waals surface area contributed by atoms with Crippen LogP contribution < -0.4 is 5.73 Å². The lowest BCUT2D eigenvalue weighted by Gasteiger charge is -2.32. The summed E-state index contributed by atoms with van der Waals surface area (Å²) >= 11 is 0. The molecule has 142 valence electrons. The summed E-state index contributed by atoms with van der Waals surface area (Å²) in [7, 11) is 0. The Hall–Kier alpha value is -2.12. The standard InChI is InChI=1S/C17H29N3O5/c1-7-12(20(8-2)15(23)25-16(4,5)6)13(18)19-14(22)17(9-10-17)24-11(3)21/h12H,7-10H2,1-6H3,(H2,18,19,22)/t12-/m0/s1. The molecule has 8 nitrogen and oxygen atoms in total. The molecule has 0 aromatic rings. The van der Waals surface area contributed by atoms with E-state index in [1.165, 1.54) is 11.8 Å². The number of hydrogen-bond donors (Lipinski definition) is 1. The highest BCUT2D eigenvalue weighted by Crippen LogP contribution is 2.41. The van der Waals surface area contributed by atoms with Crippen molar-refractivity contribution < 1.29 is 23.9 Å². The molecule has 1 fully saturated rings. The van der Waals surface area contributed by atoms with Gasteiger partial charge in [0.2, 0.25) is 0 Å². The van der Waals surface area contributed by atoms with Crippen molar-refractivity contribution in [3.8, 4) is 0 Å². The molecular weight excluding hydrogens is 326 g/mol. The first kappa shape index (κ1) is 20.9. The fraction of sp³-hybridized carbons (Fsp3) is 0.765. The molecular formula is C17H29N3O5. The van der Waals surface area contributed by atoms with Gasteiger partial charge in [0.25, 0.3) is 5.91 Å². The second-order valence-electron chi connectivity index (χ2n) is 7.12. The van der Waals surface area contributed by atoms with Crippen LogP contribution in [0.5, 0.6) is 0 Å². The van der Waals surface area contributed by atoms with Crippen molar-refractivity contribution in [3.63, 3.8) is 0 Å². The first-order valence-electron chi connectivity index (χ1n) is 8.53. The van der Waals surface area contributed by atoms with Crippen LogP contribution in [0.25, 0.3) is 0 Å². The SMILES string of the molecule is CC[C@@H](C(N)=NC(=O)C1(OC(C)=O)CC1)N(CC)C(=O)OC(C)(C)C. The first-order chi connectivity index (χ1) is 11.5. The molecule has 25 heavy (non-hydrogen) atoms. The molecule has 0 aromatic heterocycles. The molecule has 1 aliphatic carbocycles. The van der Waals surface area contributed by atoms with Crippen LogP contribution in [0.3, 0.4) is 0 Å². The smallest absolute Gasteiger partial charge is 0.410 e. The second kappa shape index (κ2) is 7.84. The maximum absolute atomic E-state index is 12.4. The lowest BCUT2D eigenvalue weighted by Crippen LogP contribution is -2.49. The lowest BCUT2D eigenvalue weighted by molar-refractivity contribution is -0.155. The molecule has 1 aliphatic rings. The molecule has 2 amide bonds. The Balaban J connectivity index is 2.94. The van der Waals surface area contributed by atoms with Crippen molar-refractivity contribution in [2.45, 2.75) is 78.0 Å². The van der Waals surface area contributed by atoms with Crippen LogP contribution >= 0.6 is 0 Å². The normalized spacial score (nSPS) is 17.4. The summed E-state index contributed by atoms with van der Waals surface area (Å²) in [5.74, 6) is -1.10. The number of likely N-dealkylation sites (N-methyl/N-ethyl adjacent to an activating group) is 1. The lowest BCUT2D eigenvalue weighted by atomic mass is 10.1. The molecule has 0 radical (unpaired) electrons. The summed E-state index contributed by atoms with van der Waals surface area (Å²) in [6, 6.07) is -0.572. The quantitative estimate of drug-likeness (QED) is 0.443. The number of nitrogens with zero attached hydrogens (tertiary/aromatic N) is 2. The van der Waals surface area contributed by atoms with Gasteiger partial charge in [-0.3, -0.25) is 14.5 Å². The van der Waals surface area contributed by atoms with Crippen molar-refractivity contribution in [1.82, 2.24) is 4.90 Å². The van der Waals surface area contributed by atoms with E-state index in [2.05, 4.69) is 4.99 Å². The first-order valence-corrected chi connectivity index (χ1v) is 8.53. The number of nitrogens with two attached hydrogens (primary N) is 1. The zero-order valence-electron chi connectivity index (χ0n) is 15.9. The van der Waals surface area contributed by atoms with Gasteiger partial charge in [0.1, 0.15) is 11.4 Å². The number of amides is 2. The number of hydrogen-bond acceptors (Lipinski definition) is 5. The van der Waals surface area contributed by atoms with Crippen LogP contribution in [0.4, 0.5) is 4.79 Å². The summed E-state index contributed by atoms with van der Waals surface area (Å²) in [5.41, 5.74) is 4.18. The maximum Gasteiger partial charge on any atom is 0.410 e. The molecule has 0 heterocycles. The van der Waals surface area contributed by atoms with Crippen molar-refractivity contribution in [1.29, 1.82) is 0 Å². The predicted octanol–water partition coefficient (Wildman–Crippen LogP) is 2.00.